The number of fused-ring (bicyclic) bond motifs is 1. The number of anilines is 1. The highest BCUT2D eigenvalue weighted by Crippen LogP contribution is 2.31. The zero-order valence-corrected chi connectivity index (χ0v) is 18.7. The van der Waals surface area contributed by atoms with E-state index in [0.29, 0.717) is 54.7 Å². The van der Waals surface area contributed by atoms with Crippen LogP contribution in [0.4, 0.5) is 5.82 Å². The molecule has 0 radical (unpaired) electrons. The van der Waals surface area contributed by atoms with Crippen molar-refractivity contribution in [2.24, 2.45) is 5.92 Å². The molecule has 1 aliphatic rings. The summed E-state index contributed by atoms with van der Waals surface area (Å²) in [5.74, 6) is 10.4. The summed E-state index contributed by atoms with van der Waals surface area (Å²) in [6.07, 6.45) is 10.7. The second-order valence-electron chi connectivity index (χ2n) is 8.82. The molecule has 32 heavy (non-hydrogen) atoms. The van der Waals surface area contributed by atoms with Crippen molar-refractivity contribution in [3.63, 3.8) is 0 Å². The van der Waals surface area contributed by atoms with Crippen LogP contribution in [0, 0.1) is 30.1 Å². The van der Waals surface area contributed by atoms with Crippen LogP contribution in [0.25, 0.3) is 11.2 Å². The van der Waals surface area contributed by atoms with Crippen molar-refractivity contribution < 1.29 is 5.11 Å². The molecule has 3 atom stereocenters. The Labute approximate surface area is 189 Å². The molecule has 0 saturated heterocycles. The first-order valence-electron chi connectivity index (χ1n) is 11.2. The van der Waals surface area contributed by atoms with E-state index in [1.54, 1.807) is 6.33 Å². The van der Waals surface area contributed by atoms with Crippen LogP contribution in [0.3, 0.4) is 0 Å². The van der Waals surface area contributed by atoms with Gasteiger partial charge in [0.15, 0.2) is 17.0 Å². The quantitative estimate of drug-likeness (QED) is 0.603. The van der Waals surface area contributed by atoms with Crippen molar-refractivity contribution in [3.05, 3.63) is 48.0 Å². The van der Waals surface area contributed by atoms with E-state index in [9.17, 15) is 5.11 Å². The molecule has 1 fully saturated rings. The van der Waals surface area contributed by atoms with Gasteiger partial charge >= 0.3 is 0 Å². The van der Waals surface area contributed by atoms with E-state index in [1.807, 2.05) is 22.8 Å². The maximum atomic E-state index is 10.9. The number of terminal acetylenes is 1. The van der Waals surface area contributed by atoms with Crippen LogP contribution in [-0.4, -0.2) is 36.8 Å². The predicted molar refractivity (Wildman–Crippen MR) is 127 cm³/mol. The summed E-state index contributed by atoms with van der Waals surface area (Å²) in [6.45, 7) is 5.37. The number of hydrogen-bond acceptors (Lipinski definition) is 5. The Bertz CT molecular complexity index is 1180. The number of aromatic nitrogens is 4. The van der Waals surface area contributed by atoms with E-state index >= 15 is 0 Å². The lowest BCUT2D eigenvalue weighted by Gasteiger charge is -2.30. The Morgan fingerprint density at radius 1 is 1.31 bits per heavy atom. The van der Waals surface area contributed by atoms with Crippen LogP contribution < -0.4 is 5.32 Å². The third kappa shape index (κ3) is 4.93. The molecule has 0 amide bonds. The summed E-state index contributed by atoms with van der Waals surface area (Å²) < 4.78 is 1.81. The van der Waals surface area contributed by atoms with Crippen LogP contribution in [-0.2, 0) is 6.54 Å². The molecule has 0 spiro atoms. The van der Waals surface area contributed by atoms with E-state index in [0.717, 1.165) is 12.8 Å². The van der Waals surface area contributed by atoms with Gasteiger partial charge in [-0.15, -0.1) is 6.42 Å². The molecule has 6 heteroatoms. The lowest BCUT2D eigenvalue weighted by atomic mass is 9.79. The van der Waals surface area contributed by atoms with Gasteiger partial charge in [-0.05, 0) is 42.6 Å². The fraction of sp³-hybridized carbons (Fsp3) is 0.423. The Morgan fingerprint density at radius 2 is 2.12 bits per heavy atom. The van der Waals surface area contributed by atoms with Gasteiger partial charge in [0.2, 0.25) is 5.82 Å². The molecule has 2 heterocycles. The second kappa shape index (κ2) is 9.42. The van der Waals surface area contributed by atoms with Crippen LogP contribution in [0.1, 0.15) is 56.8 Å². The van der Waals surface area contributed by atoms with E-state index in [4.69, 9.17) is 6.42 Å². The number of imidazole rings is 1. The van der Waals surface area contributed by atoms with Crippen molar-refractivity contribution in [1.29, 1.82) is 0 Å². The normalized spacial score (nSPS) is 21.4. The summed E-state index contributed by atoms with van der Waals surface area (Å²) >= 11 is 0. The lowest BCUT2D eigenvalue weighted by Crippen LogP contribution is -2.32. The first-order chi connectivity index (χ1) is 15.5. The van der Waals surface area contributed by atoms with E-state index in [-0.39, 0.29) is 5.92 Å². The van der Waals surface area contributed by atoms with Crippen LogP contribution >= 0.6 is 0 Å². The topological polar surface area (TPSA) is 75.9 Å². The van der Waals surface area contributed by atoms with Crippen LogP contribution in [0.15, 0.2) is 36.7 Å². The number of nitrogens with one attached hydrogen (secondary N) is 1. The zero-order valence-electron chi connectivity index (χ0n) is 18.7. The summed E-state index contributed by atoms with van der Waals surface area (Å²) in [4.78, 5) is 13.7. The Hall–Kier alpha value is -3.35. The molecule has 0 bridgehead atoms. The number of rotatable bonds is 5. The molecule has 1 saturated carbocycles. The summed E-state index contributed by atoms with van der Waals surface area (Å²) in [6, 6.07) is 10.3. The molecule has 2 N–H and O–H groups in total. The fourth-order valence-corrected chi connectivity index (χ4v) is 4.30. The smallest absolute Gasteiger partial charge is 0.209 e. The van der Waals surface area contributed by atoms with Gasteiger partial charge < -0.3 is 15.0 Å². The predicted octanol–water partition coefficient (Wildman–Crippen LogP) is 3.97. The van der Waals surface area contributed by atoms with E-state index in [2.05, 4.69) is 64.0 Å². The first-order valence-corrected chi connectivity index (χ1v) is 11.2. The van der Waals surface area contributed by atoms with Crippen molar-refractivity contribution in [1.82, 2.24) is 19.5 Å². The average Bonchev–Trinajstić information content (AvgIpc) is 3.19. The van der Waals surface area contributed by atoms with Gasteiger partial charge in [0.1, 0.15) is 5.60 Å². The van der Waals surface area contributed by atoms with Gasteiger partial charge in [0, 0.05) is 6.54 Å². The van der Waals surface area contributed by atoms with Gasteiger partial charge in [-0.1, -0.05) is 62.4 Å². The molecule has 0 aliphatic heterocycles. The fourth-order valence-electron chi connectivity index (χ4n) is 4.30. The van der Waals surface area contributed by atoms with Gasteiger partial charge in [-0.3, -0.25) is 0 Å². The molecule has 1 unspecified atom stereocenters. The van der Waals surface area contributed by atoms with E-state index in [1.165, 1.54) is 5.56 Å². The molecule has 2 aromatic heterocycles. The first kappa shape index (κ1) is 21.9. The molecule has 164 valence electrons. The molecule has 1 aromatic carbocycles. The molecule has 4 rings (SSSR count). The lowest BCUT2D eigenvalue weighted by molar-refractivity contribution is 0.0410. The highest BCUT2D eigenvalue weighted by Gasteiger charge is 2.30. The van der Waals surface area contributed by atoms with Crippen molar-refractivity contribution in [2.45, 2.75) is 57.6 Å². The van der Waals surface area contributed by atoms with Crippen molar-refractivity contribution in [3.8, 4) is 24.2 Å². The molecular weight excluding hydrogens is 398 g/mol. The maximum Gasteiger partial charge on any atom is 0.209 e. The van der Waals surface area contributed by atoms with Gasteiger partial charge in [-0.2, -0.15) is 0 Å². The number of hydrogen-bond donors (Lipinski definition) is 2. The third-order valence-corrected chi connectivity index (χ3v) is 6.05. The second-order valence-corrected chi connectivity index (χ2v) is 8.82. The number of aliphatic hydroxyl groups is 1. The standard InChI is InChI=1S/C26H29N5O/c1-4-15-31-18-28-23-24(27-17-20(3)21-10-6-5-7-11-21)29-22(30-25(23)31)12-14-26(32)13-8-9-19(2)16-26/h1,5-7,10-11,18-20,32H,8-9,13,15-17H2,2-3H3,(H,27,29,30)/t19-,20?,26-/m1/s1. The maximum absolute atomic E-state index is 10.9. The minimum Gasteiger partial charge on any atom is -0.378 e. The van der Waals surface area contributed by atoms with Crippen molar-refractivity contribution >= 4 is 17.0 Å². The van der Waals surface area contributed by atoms with Crippen LogP contribution in [0.2, 0.25) is 0 Å². The average molecular weight is 428 g/mol. The van der Waals surface area contributed by atoms with Gasteiger partial charge in [-0.25, -0.2) is 15.0 Å². The minimum absolute atomic E-state index is 0.285. The van der Waals surface area contributed by atoms with Crippen LogP contribution in [0.5, 0.6) is 0 Å². The highest BCUT2D eigenvalue weighted by atomic mass is 16.3. The summed E-state index contributed by atoms with van der Waals surface area (Å²) in [5, 5.41) is 14.3. The molecule has 3 aromatic rings. The molecule has 1 aliphatic carbocycles. The minimum atomic E-state index is -0.982. The van der Waals surface area contributed by atoms with Gasteiger partial charge in [0.05, 0.1) is 12.9 Å². The highest BCUT2D eigenvalue weighted by molar-refractivity contribution is 5.83. The molecule has 6 nitrogen and oxygen atoms in total. The largest absolute Gasteiger partial charge is 0.378 e. The SMILES string of the molecule is C#CCn1cnc2c(NCC(C)c3ccccc3)nc(C#C[C@]3(O)CCC[C@@H](C)C3)nc21. The number of nitrogens with zero attached hydrogens (tertiary/aromatic N) is 4. The number of benzene rings is 1. The van der Waals surface area contributed by atoms with Gasteiger partial charge in [0.25, 0.3) is 0 Å². The summed E-state index contributed by atoms with van der Waals surface area (Å²) in [5.41, 5.74) is 1.57. The van der Waals surface area contributed by atoms with Crippen molar-refractivity contribution in [2.75, 3.05) is 11.9 Å². The Kier molecular flexibility index (Phi) is 6.44. The molecular formula is C26H29N5O. The zero-order chi connectivity index (χ0) is 22.6. The Morgan fingerprint density at radius 3 is 2.88 bits per heavy atom. The monoisotopic (exact) mass is 427 g/mol. The Balaban J connectivity index is 1.64. The van der Waals surface area contributed by atoms with E-state index < -0.39 is 5.60 Å². The third-order valence-electron chi connectivity index (χ3n) is 6.05. The summed E-state index contributed by atoms with van der Waals surface area (Å²) in [7, 11) is 0.